The number of hydroxylamine groups is 2. The second-order valence-electron chi connectivity index (χ2n) is 13.3. The van der Waals surface area contributed by atoms with Crippen LogP contribution >= 0.6 is 0 Å². The van der Waals surface area contributed by atoms with E-state index >= 15 is 0 Å². The summed E-state index contributed by atoms with van der Waals surface area (Å²) in [4.78, 5) is 55.1. The molecule has 0 aliphatic heterocycles. The summed E-state index contributed by atoms with van der Waals surface area (Å²) in [6.07, 6.45) is 9.30. The predicted octanol–water partition coefficient (Wildman–Crippen LogP) is 6.28. The summed E-state index contributed by atoms with van der Waals surface area (Å²) in [5.74, 6) is -0.149. The van der Waals surface area contributed by atoms with Crippen LogP contribution in [0.1, 0.15) is 95.3 Å². The van der Waals surface area contributed by atoms with Crippen LogP contribution in [0.5, 0.6) is 0 Å². The number of hydrogen-bond donors (Lipinski definition) is 0. The number of carbonyl (C=O) groups is 2. The van der Waals surface area contributed by atoms with Crippen LogP contribution < -0.4 is 11.4 Å². The first-order chi connectivity index (χ1) is 23.1. The summed E-state index contributed by atoms with van der Waals surface area (Å²) < 4.78 is 7.11. The zero-order valence-corrected chi connectivity index (χ0v) is 28.6. The molecule has 252 valence electrons. The first-order valence-corrected chi connectivity index (χ1v) is 16.9. The highest BCUT2D eigenvalue weighted by Gasteiger charge is 2.25. The van der Waals surface area contributed by atoms with E-state index in [9.17, 15) is 19.2 Å². The van der Waals surface area contributed by atoms with Crippen molar-refractivity contribution in [1.29, 1.82) is 0 Å². The second kappa shape index (κ2) is 13.8. The van der Waals surface area contributed by atoms with Crippen LogP contribution in [0.2, 0.25) is 0 Å². The van der Waals surface area contributed by atoms with Crippen LogP contribution in [0.4, 0.5) is 0 Å². The minimum absolute atomic E-state index is 0.00778. The van der Waals surface area contributed by atoms with E-state index in [4.69, 9.17) is 4.84 Å². The van der Waals surface area contributed by atoms with Crippen molar-refractivity contribution in [3.05, 3.63) is 104 Å². The molecule has 0 N–H and O–H groups in total. The molecule has 0 bridgehead atoms. The molecule has 0 spiro atoms. The molecular weight excluding hydrogens is 606 g/mol. The van der Waals surface area contributed by atoms with E-state index in [1.165, 1.54) is 37.9 Å². The molecule has 1 amide bonds. The fourth-order valence-electron chi connectivity index (χ4n) is 7.44. The van der Waals surface area contributed by atoms with Crippen molar-refractivity contribution in [2.45, 2.75) is 76.8 Å². The smallest absolute Gasteiger partial charge is 0.295 e. The van der Waals surface area contributed by atoms with E-state index in [1.54, 1.807) is 42.4 Å². The third-order valence-corrected chi connectivity index (χ3v) is 10.1. The van der Waals surface area contributed by atoms with Crippen molar-refractivity contribution >= 4 is 33.8 Å². The molecule has 0 atom stereocenters. The number of ketones is 1. The Hall–Kier alpha value is -4.70. The Morgan fingerprint density at radius 2 is 1.23 bits per heavy atom. The van der Waals surface area contributed by atoms with Gasteiger partial charge in [-0.2, -0.15) is 0 Å². The van der Waals surface area contributed by atoms with Gasteiger partial charge in [0.25, 0.3) is 5.91 Å². The van der Waals surface area contributed by atoms with Gasteiger partial charge in [-0.3, -0.25) is 32.7 Å². The maximum absolute atomic E-state index is 12.7. The van der Waals surface area contributed by atoms with Gasteiger partial charge in [0.1, 0.15) is 0 Å². The van der Waals surface area contributed by atoms with Crippen molar-refractivity contribution < 1.29 is 14.4 Å². The molecule has 2 aliphatic carbocycles. The third kappa shape index (κ3) is 6.29. The average molecular weight is 652 g/mol. The molecule has 2 saturated carbocycles. The molecule has 2 aromatic heterocycles. The average Bonchev–Trinajstić information content (AvgIpc) is 3.90. The Morgan fingerprint density at radius 1 is 0.729 bits per heavy atom. The Kier molecular flexibility index (Phi) is 9.55. The lowest BCUT2D eigenvalue weighted by Crippen LogP contribution is -2.25. The Labute approximate surface area is 280 Å². The number of rotatable bonds is 7. The van der Waals surface area contributed by atoms with E-state index in [2.05, 4.69) is 0 Å². The van der Waals surface area contributed by atoms with Crippen molar-refractivity contribution in [2.24, 2.45) is 14.1 Å². The van der Waals surface area contributed by atoms with Crippen molar-refractivity contribution in [2.75, 3.05) is 14.2 Å². The molecular formula is C38H45N5O5. The third-order valence-electron chi connectivity index (χ3n) is 10.1. The van der Waals surface area contributed by atoms with Crippen molar-refractivity contribution in [3.8, 4) is 0 Å². The molecule has 3 aromatic carbocycles. The molecule has 0 unspecified atom stereocenters. The largest absolute Gasteiger partial charge is 0.329 e. The molecule has 5 aromatic rings. The second-order valence-corrected chi connectivity index (χ2v) is 13.3. The molecule has 0 saturated heterocycles. The number of fused-ring (bicyclic) bond motifs is 2. The van der Waals surface area contributed by atoms with Crippen LogP contribution in [0.3, 0.4) is 0 Å². The van der Waals surface area contributed by atoms with Gasteiger partial charge in [0.15, 0.2) is 5.78 Å². The van der Waals surface area contributed by atoms with Gasteiger partial charge >= 0.3 is 11.4 Å². The number of aryl methyl sites for hydroxylation is 3. The minimum atomic E-state index is -0.231. The van der Waals surface area contributed by atoms with Crippen LogP contribution in [0, 0.1) is 6.92 Å². The highest BCUT2D eigenvalue weighted by molar-refractivity contribution is 6.00. The molecule has 2 fully saturated rings. The van der Waals surface area contributed by atoms with Crippen molar-refractivity contribution in [1.82, 2.24) is 23.3 Å². The molecule has 0 radical (unpaired) electrons. The summed E-state index contributed by atoms with van der Waals surface area (Å²) in [6.45, 7) is 2.03. The number of amides is 1. The Morgan fingerprint density at radius 3 is 1.73 bits per heavy atom. The number of carbonyl (C=O) groups excluding carboxylic acids is 2. The number of benzene rings is 3. The lowest BCUT2D eigenvalue weighted by Gasteiger charge is -2.14. The normalized spacial score (nSPS) is 15.3. The highest BCUT2D eigenvalue weighted by Crippen LogP contribution is 2.32. The standard InChI is InChI=1S/C22H24N2O2.C16H21N3O3/c1-15-6-5-7-16(12-15)13-21(25)17-10-11-19-20(14-17)23(2)22(26)24(19)18-8-3-4-9-18;1-17-14-10-11(15(20)18(2)22-3)8-9-13(14)19(16(17)21)12-6-4-5-7-12/h5-7,10-12,14,18H,3-4,8-9,13H2,1-2H3;8-10,12H,4-7H2,1-3H3. The molecule has 48 heavy (non-hydrogen) atoms. The van der Waals surface area contributed by atoms with Gasteiger partial charge in [-0.05, 0) is 74.6 Å². The van der Waals surface area contributed by atoms with E-state index in [1.807, 2.05) is 64.6 Å². The summed E-state index contributed by atoms with van der Waals surface area (Å²) in [7, 11) is 6.56. The van der Waals surface area contributed by atoms with Crippen LogP contribution in [0.25, 0.3) is 22.1 Å². The van der Waals surface area contributed by atoms with Crippen LogP contribution in [0.15, 0.2) is 70.3 Å². The van der Waals surface area contributed by atoms with E-state index in [0.29, 0.717) is 23.6 Å². The summed E-state index contributed by atoms with van der Waals surface area (Å²) >= 11 is 0. The van der Waals surface area contributed by atoms with Crippen LogP contribution in [-0.4, -0.2) is 49.2 Å². The van der Waals surface area contributed by atoms with E-state index < -0.39 is 0 Å². The molecule has 2 heterocycles. The SMILES string of the molecule is CON(C)C(=O)c1ccc2c(c1)n(C)c(=O)n2C1CCCC1.Cc1cccc(CC(=O)c2ccc3c(c2)n(C)c(=O)n3C2CCCC2)c1. The molecule has 2 aliphatic rings. The van der Waals surface area contributed by atoms with Crippen molar-refractivity contribution in [3.63, 3.8) is 0 Å². The molecule has 10 nitrogen and oxygen atoms in total. The minimum Gasteiger partial charge on any atom is -0.295 e. The Bertz CT molecular complexity index is 2100. The molecule has 7 rings (SSSR count). The number of Topliss-reactive ketones (excluding diaryl/α,β-unsaturated/α-hetero) is 1. The monoisotopic (exact) mass is 651 g/mol. The van der Waals surface area contributed by atoms with E-state index in [-0.39, 0.29) is 29.1 Å². The highest BCUT2D eigenvalue weighted by atomic mass is 16.7. The molecule has 10 heteroatoms. The summed E-state index contributed by atoms with van der Waals surface area (Å²) in [5.41, 5.74) is 6.84. The lowest BCUT2D eigenvalue weighted by molar-refractivity contribution is -0.0756. The van der Waals surface area contributed by atoms with E-state index in [0.717, 1.165) is 58.9 Å². The van der Waals surface area contributed by atoms with Gasteiger partial charge < -0.3 is 0 Å². The van der Waals surface area contributed by atoms with Gasteiger partial charge in [0, 0.05) is 50.8 Å². The van der Waals surface area contributed by atoms with Gasteiger partial charge in [-0.1, -0.05) is 55.5 Å². The zero-order valence-electron chi connectivity index (χ0n) is 28.6. The fraction of sp³-hybridized carbons (Fsp3) is 0.421. The van der Waals surface area contributed by atoms with Gasteiger partial charge in [0.05, 0.1) is 29.2 Å². The quantitative estimate of drug-likeness (QED) is 0.152. The van der Waals surface area contributed by atoms with Gasteiger partial charge in [-0.25, -0.2) is 14.7 Å². The van der Waals surface area contributed by atoms with Gasteiger partial charge in [0.2, 0.25) is 0 Å². The van der Waals surface area contributed by atoms with Crippen LogP contribution in [-0.2, 0) is 25.4 Å². The van der Waals surface area contributed by atoms with Gasteiger partial charge in [-0.15, -0.1) is 0 Å². The maximum Gasteiger partial charge on any atom is 0.329 e. The topological polar surface area (TPSA) is 100 Å². The predicted molar refractivity (Wildman–Crippen MR) is 188 cm³/mol. The number of aromatic nitrogens is 4. The number of imidazole rings is 2. The lowest BCUT2D eigenvalue weighted by atomic mass is 10.0. The fourth-order valence-corrected chi connectivity index (χ4v) is 7.44. The Balaban J connectivity index is 0.000000170. The first kappa shape index (κ1) is 33.2. The number of hydrogen-bond acceptors (Lipinski definition) is 5. The number of nitrogens with zero attached hydrogens (tertiary/aromatic N) is 5. The zero-order chi connectivity index (χ0) is 34.1. The summed E-state index contributed by atoms with van der Waals surface area (Å²) in [6, 6.07) is 19.7. The maximum atomic E-state index is 12.7. The first-order valence-electron chi connectivity index (χ1n) is 16.9. The summed E-state index contributed by atoms with van der Waals surface area (Å²) in [5, 5.41) is 1.17.